The molecular weight excluding hydrogens is 372 g/mol. The van der Waals surface area contributed by atoms with Gasteiger partial charge in [0, 0.05) is 19.3 Å². The molecule has 6 nitrogen and oxygen atoms in total. The zero-order valence-electron chi connectivity index (χ0n) is 14.1. The van der Waals surface area contributed by atoms with Crippen molar-refractivity contribution >= 4 is 32.3 Å². The number of aryl methyl sites for hydroxylation is 1. The smallest absolute Gasteiger partial charge is 0.243 e. The molecule has 9 heteroatoms. The number of benzene rings is 1. The molecule has 138 valence electrons. The summed E-state index contributed by atoms with van der Waals surface area (Å²) in [5, 5.41) is 3.12. The van der Waals surface area contributed by atoms with Gasteiger partial charge in [-0.1, -0.05) is 6.07 Å². The van der Waals surface area contributed by atoms with Gasteiger partial charge in [-0.25, -0.2) is 16.8 Å². The summed E-state index contributed by atoms with van der Waals surface area (Å²) in [5.74, 6) is 0.481. The fourth-order valence-electron chi connectivity index (χ4n) is 2.87. The van der Waals surface area contributed by atoms with Crippen LogP contribution in [0.15, 0.2) is 28.0 Å². The second-order valence-corrected chi connectivity index (χ2v) is 10.0. The number of nitrogens with one attached hydrogen (secondary N) is 1. The number of sulfone groups is 1. The maximum absolute atomic E-state index is 12.9. The molecule has 0 saturated carbocycles. The van der Waals surface area contributed by atoms with Crippen molar-refractivity contribution < 1.29 is 16.8 Å². The van der Waals surface area contributed by atoms with Gasteiger partial charge in [-0.3, -0.25) is 0 Å². The Labute approximate surface area is 151 Å². The second kappa shape index (κ2) is 8.14. The Hall–Kier alpha value is -0.670. The Morgan fingerprint density at radius 1 is 1.17 bits per heavy atom. The van der Waals surface area contributed by atoms with Crippen LogP contribution in [0, 0.1) is 12.8 Å². The summed E-state index contributed by atoms with van der Waals surface area (Å²) >= 11 is 0. The summed E-state index contributed by atoms with van der Waals surface area (Å²) in [7, 11) is -5.21. The second-order valence-electron chi connectivity index (χ2n) is 6.10. The molecule has 1 aliphatic rings. The number of piperidine rings is 1. The summed E-state index contributed by atoms with van der Waals surface area (Å²) in [6.45, 7) is 3.51. The molecule has 1 aromatic carbocycles. The fraction of sp³-hybridized carbons (Fsp3) is 0.600. The van der Waals surface area contributed by atoms with Gasteiger partial charge in [-0.15, -0.1) is 12.4 Å². The summed E-state index contributed by atoms with van der Waals surface area (Å²) < 4.78 is 50.6. The minimum Gasteiger partial charge on any atom is -0.319 e. The lowest BCUT2D eigenvalue weighted by Crippen LogP contribution is -2.40. The van der Waals surface area contributed by atoms with Crippen LogP contribution in [0.25, 0.3) is 0 Å². The molecule has 0 bridgehead atoms. The maximum atomic E-state index is 12.9. The van der Waals surface area contributed by atoms with Crippen molar-refractivity contribution in [3.63, 3.8) is 0 Å². The molecule has 1 fully saturated rings. The van der Waals surface area contributed by atoms with Crippen LogP contribution in [-0.2, 0) is 19.9 Å². The van der Waals surface area contributed by atoms with Crippen LogP contribution in [0.4, 0.5) is 0 Å². The lowest BCUT2D eigenvalue weighted by Gasteiger charge is -2.31. The zero-order chi connectivity index (χ0) is 17.3. The molecular formula is C15H25ClN2O4S2. The van der Waals surface area contributed by atoms with Crippen LogP contribution in [0.3, 0.4) is 0 Å². The Morgan fingerprint density at radius 3 is 2.25 bits per heavy atom. The van der Waals surface area contributed by atoms with Crippen LogP contribution in [0.2, 0.25) is 0 Å². The highest BCUT2D eigenvalue weighted by molar-refractivity contribution is 7.91. The lowest BCUT2D eigenvalue weighted by molar-refractivity contribution is 0.270. The first-order valence-electron chi connectivity index (χ1n) is 7.61. The minimum absolute atomic E-state index is 0. The van der Waals surface area contributed by atoms with Crippen molar-refractivity contribution in [1.29, 1.82) is 0 Å². The first kappa shape index (κ1) is 21.4. The number of rotatable bonds is 5. The molecule has 0 radical (unpaired) electrons. The molecule has 1 saturated heterocycles. The van der Waals surface area contributed by atoms with E-state index >= 15 is 0 Å². The van der Waals surface area contributed by atoms with Gasteiger partial charge in [0.25, 0.3) is 0 Å². The van der Waals surface area contributed by atoms with Gasteiger partial charge >= 0.3 is 0 Å². The third-order valence-corrected chi connectivity index (χ3v) is 7.42. The van der Waals surface area contributed by atoms with Crippen LogP contribution in [0.5, 0.6) is 0 Å². The number of hydrogen-bond donors (Lipinski definition) is 1. The van der Waals surface area contributed by atoms with Crippen LogP contribution < -0.4 is 5.32 Å². The van der Waals surface area contributed by atoms with E-state index in [0.29, 0.717) is 24.6 Å². The van der Waals surface area contributed by atoms with Crippen molar-refractivity contribution in [3.8, 4) is 0 Å². The Bertz CT molecular complexity index is 771. The van der Waals surface area contributed by atoms with E-state index in [1.54, 1.807) is 13.0 Å². The summed E-state index contributed by atoms with van der Waals surface area (Å²) in [4.78, 5) is 0.124. The summed E-state index contributed by atoms with van der Waals surface area (Å²) in [6, 6.07) is 4.28. The van der Waals surface area contributed by atoms with Crippen molar-refractivity contribution in [2.75, 3.05) is 32.9 Å². The highest BCUT2D eigenvalue weighted by atomic mass is 35.5. The Morgan fingerprint density at radius 2 is 1.75 bits per heavy atom. The van der Waals surface area contributed by atoms with Crippen molar-refractivity contribution in [3.05, 3.63) is 23.8 Å². The van der Waals surface area contributed by atoms with Crippen molar-refractivity contribution in [1.82, 2.24) is 9.62 Å². The molecule has 1 heterocycles. The first-order chi connectivity index (χ1) is 10.7. The number of hydrogen-bond acceptors (Lipinski definition) is 5. The fourth-order valence-corrected chi connectivity index (χ4v) is 5.31. The van der Waals surface area contributed by atoms with E-state index < -0.39 is 19.9 Å². The number of nitrogens with zero attached hydrogens (tertiary/aromatic N) is 1. The van der Waals surface area contributed by atoms with Crippen molar-refractivity contribution in [2.24, 2.45) is 5.92 Å². The average Bonchev–Trinajstić information content (AvgIpc) is 2.47. The van der Waals surface area contributed by atoms with Crippen LogP contribution >= 0.6 is 12.4 Å². The topological polar surface area (TPSA) is 83.6 Å². The lowest BCUT2D eigenvalue weighted by atomic mass is 9.98. The highest BCUT2D eigenvalue weighted by Crippen LogP contribution is 2.27. The van der Waals surface area contributed by atoms with Crippen LogP contribution in [-0.4, -0.2) is 54.1 Å². The van der Waals surface area contributed by atoms with E-state index in [2.05, 4.69) is 5.32 Å². The third kappa shape index (κ3) is 4.70. The zero-order valence-corrected chi connectivity index (χ0v) is 16.6. The van der Waals surface area contributed by atoms with E-state index in [1.807, 2.05) is 7.05 Å². The molecule has 0 aromatic heterocycles. The van der Waals surface area contributed by atoms with Gasteiger partial charge in [0.15, 0.2) is 9.84 Å². The SMILES string of the molecule is CNCC1CCN(S(=O)(=O)c2cc(S(C)(=O)=O)ccc2C)CC1.Cl. The third-order valence-electron chi connectivity index (χ3n) is 4.27. The van der Waals surface area contributed by atoms with Gasteiger partial charge in [0.2, 0.25) is 10.0 Å². The van der Waals surface area contributed by atoms with Gasteiger partial charge in [-0.05, 0) is 57.0 Å². The molecule has 1 aromatic rings. The van der Waals surface area contributed by atoms with E-state index in [1.165, 1.54) is 16.4 Å². The predicted octanol–water partition coefficient (Wildman–Crippen LogP) is 1.44. The Balaban J connectivity index is 0.00000288. The quantitative estimate of drug-likeness (QED) is 0.814. The summed E-state index contributed by atoms with van der Waals surface area (Å²) in [5.41, 5.74) is 0.565. The molecule has 0 atom stereocenters. The van der Waals surface area contributed by atoms with Gasteiger partial charge in [-0.2, -0.15) is 4.31 Å². The predicted molar refractivity (Wildman–Crippen MR) is 96.9 cm³/mol. The molecule has 0 aliphatic carbocycles. The van der Waals surface area contributed by atoms with E-state index in [0.717, 1.165) is 25.6 Å². The van der Waals surface area contributed by atoms with Crippen LogP contribution in [0.1, 0.15) is 18.4 Å². The van der Waals surface area contributed by atoms with Gasteiger partial charge in [0.1, 0.15) is 0 Å². The monoisotopic (exact) mass is 396 g/mol. The van der Waals surface area contributed by atoms with Gasteiger partial charge < -0.3 is 5.32 Å². The molecule has 24 heavy (non-hydrogen) atoms. The minimum atomic E-state index is -3.67. The largest absolute Gasteiger partial charge is 0.319 e. The molecule has 0 unspecified atom stereocenters. The van der Waals surface area contributed by atoms with Crippen molar-refractivity contribution in [2.45, 2.75) is 29.6 Å². The standard InChI is InChI=1S/C15H24N2O4S2.ClH/c1-12-4-5-14(22(3,18)19)10-15(12)23(20,21)17-8-6-13(7-9-17)11-16-2;/h4-5,10,13,16H,6-9,11H2,1-3H3;1H. The molecule has 1 aliphatic heterocycles. The highest BCUT2D eigenvalue weighted by Gasteiger charge is 2.30. The maximum Gasteiger partial charge on any atom is 0.243 e. The number of halogens is 1. The summed E-state index contributed by atoms with van der Waals surface area (Å²) in [6.07, 6.45) is 2.70. The molecule has 1 N–H and O–H groups in total. The normalized spacial score (nSPS) is 17.5. The average molecular weight is 397 g/mol. The molecule has 2 rings (SSSR count). The first-order valence-corrected chi connectivity index (χ1v) is 10.9. The van der Waals surface area contributed by atoms with Gasteiger partial charge in [0.05, 0.1) is 9.79 Å². The van der Waals surface area contributed by atoms with E-state index in [9.17, 15) is 16.8 Å². The number of sulfonamides is 1. The Kier molecular flexibility index (Phi) is 7.25. The van der Waals surface area contributed by atoms with E-state index in [-0.39, 0.29) is 22.2 Å². The van der Waals surface area contributed by atoms with E-state index in [4.69, 9.17) is 0 Å². The molecule has 0 spiro atoms. The molecule has 0 amide bonds.